The van der Waals surface area contributed by atoms with Crippen LogP contribution in [0, 0.1) is 11.3 Å². The molecule has 0 aromatic heterocycles. The second kappa shape index (κ2) is 5.55. The highest BCUT2D eigenvalue weighted by atomic mass is 15.1. The maximum atomic E-state index is 8.87. The van der Waals surface area contributed by atoms with E-state index in [9.17, 15) is 0 Å². The fourth-order valence-corrected chi connectivity index (χ4v) is 2.13. The number of anilines is 2. The van der Waals surface area contributed by atoms with Crippen LogP contribution in [0.5, 0.6) is 0 Å². The summed E-state index contributed by atoms with van der Waals surface area (Å²) in [4.78, 5) is 2.45. The first-order valence-corrected chi connectivity index (χ1v) is 6.05. The molecule has 1 saturated heterocycles. The first-order valence-electron chi connectivity index (χ1n) is 6.05. The van der Waals surface area contributed by atoms with Gasteiger partial charge in [-0.15, -0.1) is 0 Å². The number of nitrogens with zero attached hydrogens (tertiary/aromatic N) is 2. The van der Waals surface area contributed by atoms with E-state index in [1.54, 1.807) is 12.1 Å². The van der Waals surface area contributed by atoms with Gasteiger partial charge in [0.1, 0.15) is 6.07 Å². The lowest BCUT2D eigenvalue weighted by atomic mass is 10.2. The van der Waals surface area contributed by atoms with Gasteiger partial charge in [0.25, 0.3) is 0 Å². The zero-order valence-corrected chi connectivity index (χ0v) is 9.95. The van der Waals surface area contributed by atoms with Crippen LogP contribution in [0.15, 0.2) is 18.2 Å². The number of hydrogen-bond donors (Lipinski definition) is 2. The molecule has 1 aromatic rings. The van der Waals surface area contributed by atoms with Crippen LogP contribution < -0.4 is 11.1 Å². The third kappa shape index (κ3) is 3.11. The summed E-state index contributed by atoms with van der Waals surface area (Å²) in [6.07, 6.45) is 2.64. The Bertz CT molecular complexity index is 416. The zero-order chi connectivity index (χ0) is 12.1. The fourth-order valence-electron chi connectivity index (χ4n) is 2.13. The normalized spacial score (nSPS) is 15.7. The van der Waals surface area contributed by atoms with Crippen molar-refractivity contribution in [2.45, 2.75) is 12.8 Å². The summed E-state index contributed by atoms with van der Waals surface area (Å²) in [7, 11) is 0. The van der Waals surface area contributed by atoms with Gasteiger partial charge in [-0.1, -0.05) is 0 Å². The van der Waals surface area contributed by atoms with Gasteiger partial charge in [-0.05, 0) is 44.1 Å². The quantitative estimate of drug-likeness (QED) is 0.772. The average molecular weight is 230 g/mol. The Morgan fingerprint density at radius 3 is 2.82 bits per heavy atom. The van der Waals surface area contributed by atoms with Crippen molar-refractivity contribution >= 4 is 11.4 Å². The molecule has 1 aromatic carbocycles. The summed E-state index contributed by atoms with van der Waals surface area (Å²) in [6.45, 7) is 4.40. The molecule has 1 aliphatic rings. The van der Waals surface area contributed by atoms with Crippen molar-refractivity contribution in [1.82, 2.24) is 4.90 Å². The number of nitrogens with two attached hydrogens (primary N) is 1. The fraction of sp³-hybridized carbons (Fsp3) is 0.462. The molecule has 0 aliphatic carbocycles. The van der Waals surface area contributed by atoms with Crippen molar-refractivity contribution in [3.63, 3.8) is 0 Å². The molecule has 0 unspecified atom stereocenters. The Labute approximate surface area is 102 Å². The third-order valence-electron chi connectivity index (χ3n) is 3.13. The summed E-state index contributed by atoms with van der Waals surface area (Å²) in [5.74, 6) is 0. The topological polar surface area (TPSA) is 65.1 Å². The van der Waals surface area contributed by atoms with E-state index in [1.807, 2.05) is 6.07 Å². The Hall–Kier alpha value is -1.73. The minimum Gasteiger partial charge on any atom is -0.398 e. The predicted molar refractivity (Wildman–Crippen MR) is 69.7 cm³/mol. The van der Waals surface area contributed by atoms with E-state index >= 15 is 0 Å². The first kappa shape index (κ1) is 11.7. The van der Waals surface area contributed by atoms with Crippen molar-refractivity contribution in [2.75, 3.05) is 37.2 Å². The van der Waals surface area contributed by atoms with Crippen LogP contribution in [-0.2, 0) is 0 Å². The van der Waals surface area contributed by atoms with Gasteiger partial charge in [-0.2, -0.15) is 5.26 Å². The monoisotopic (exact) mass is 230 g/mol. The van der Waals surface area contributed by atoms with Gasteiger partial charge >= 0.3 is 0 Å². The minimum atomic E-state index is 0.538. The maximum Gasteiger partial charge on any atom is 0.101 e. The predicted octanol–water partition coefficient (Wildman–Crippen LogP) is 1.65. The Kier molecular flexibility index (Phi) is 3.84. The van der Waals surface area contributed by atoms with Crippen LogP contribution in [0.1, 0.15) is 18.4 Å². The molecule has 0 saturated carbocycles. The van der Waals surface area contributed by atoms with Crippen LogP contribution in [-0.4, -0.2) is 31.1 Å². The van der Waals surface area contributed by atoms with E-state index < -0.39 is 0 Å². The van der Waals surface area contributed by atoms with Crippen LogP contribution >= 0.6 is 0 Å². The van der Waals surface area contributed by atoms with Gasteiger partial charge in [0, 0.05) is 24.5 Å². The zero-order valence-electron chi connectivity index (χ0n) is 9.95. The number of nitrogen functional groups attached to an aromatic ring is 1. The molecule has 4 nitrogen and oxygen atoms in total. The second-order valence-electron chi connectivity index (χ2n) is 4.39. The summed E-state index contributed by atoms with van der Waals surface area (Å²) >= 11 is 0. The van der Waals surface area contributed by atoms with Gasteiger partial charge in [-0.25, -0.2) is 0 Å². The number of hydrogen-bond acceptors (Lipinski definition) is 4. The second-order valence-corrected chi connectivity index (χ2v) is 4.39. The van der Waals surface area contributed by atoms with E-state index in [-0.39, 0.29) is 0 Å². The molecule has 0 radical (unpaired) electrons. The van der Waals surface area contributed by atoms with Gasteiger partial charge in [0.05, 0.1) is 5.56 Å². The summed E-state index contributed by atoms with van der Waals surface area (Å²) in [5, 5.41) is 12.2. The highest BCUT2D eigenvalue weighted by molar-refractivity contribution is 5.61. The number of nitrogens with one attached hydrogen (secondary N) is 1. The van der Waals surface area contributed by atoms with Crippen LogP contribution in [0.3, 0.4) is 0 Å². The Morgan fingerprint density at radius 1 is 1.35 bits per heavy atom. The molecule has 17 heavy (non-hydrogen) atoms. The number of benzene rings is 1. The molecular weight excluding hydrogens is 212 g/mol. The summed E-state index contributed by atoms with van der Waals surface area (Å²) < 4.78 is 0. The maximum absolute atomic E-state index is 8.87. The molecule has 90 valence electrons. The van der Waals surface area contributed by atoms with Crippen LogP contribution in [0.2, 0.25) is 0 Å². The molecule has 0 spiro atoms. The van der Waals surface area contributed by atoms with Crippen molar-refractivity contribution in [3.05, 3.63) is 23.8 Å². The molecule has 0 atom stereocenters. The lowest BCUT2D eigenvalue weighted by Crippen LogP contribution is -2.25. The highest BCUT2D eigenvalue weighted by Gasteiger charge is 2.10. The minimum absolute atomic E-state index is 0.538. The Morgan fingerprint density at radius 2 is 2.12 bits per heavy atom. The third-order valence-corrected chi connectivity index (χ3v) is 3.13. The van der Waals surface area contributed by atoms with Gasteiger partial charge in [0.15, 0.2) is 0 Å². The molecule has 2 rings (SSSR count). The molecular formula is C13H18N4. The molecule has 4 heteroatoms. The van der Waals surface area contributed by atoms with Gasteiger partial charge in [-0.3, -0.25) is 0 Å². The van der Waals surface area contributed by atoms with E-state index in [0.29, 0.717) is 11.3 Å². The molecule has 0 bridgehead atoms. The van der Waals surface area contributed by atoms with Crippen molar-refractivity contribution in [2.24, 2.45) is 0 Å². The van der Waals surface area contributed by atoms with Crippen LogP contribution in [0.25, 0.3) is 0 Å². The first-order chi connectivity index (χ1) is 8.29. The lowest BCUT2D eigenvalue weighted by Gasteiger charge is -2.15. The molecule has 1 heterocycles. The van der Waals surface area contributed by atoms with Crippen molar-refractivity contribution in [1.29, 1.82) is 5.26 Å². The van der Waals surface area contributed by atoms with E-state index in [4.69, 9.17) is 11.0 Å². The Balaban J connectivity index is 1.84. The largest absolute Gasteiger partial charge is 0.398 e. The van der Waals surface area contributed by atoms with Crippen LogP contribution in [0.4, 0.5) is 11.4 Å². The van der Waals surface area contributed by atoms with E-state index in [2.05, 4.69) is 16.3 Å². The molecule has 0 amide bonds. The number of rotatable bonds is 4. The average Bonchev–Trinajstić information content (AvgIpc) is 2.84. The standard InChI is InChI=1S/C13H18N4/c14-10-11-9-12(3-4-13(11)15)16-5-8-17-6-1-2-7-17/h3-4,9,16H,1-2,5-8,15H2. The smallest absolute Gasteiger partial charge is 0.101 e. The van der Waals surface area contributed by atoms with E-state index in [1.165, 1.54) is 25.9 Å². The highest BCUT2D eigenvalue weighted by Crippen LogP contribution is 2.16. The lowest BCUT2D eigenvalue weighted by molar-refractivity contribution is 0.352. The van der Waals surface area contributed by atoms with Gasteiger partial charge < -0.3 is 16.0 Å². The SMILES string of the molecule is N#Cc1cc(NCCN2CCCC2)ccc1N. The summed E-state index contributed by atoms with van der Waals surface area (Å²) in [5.41, 5.74) is 7.71. The summed E-state index contributed by atoms with van der Waals surface area (Å²) in [6, 6.07) is 7.59. The molecule has 3 N–H and O–H groups in total. The number of likely N-dealkylation sites (tertiary alicyclic amines) is 1. The number of nitriles is 1. The van der Waals surface area contributed by atoms with Gasteiger partial charge in [0.2, 0.25) is 0 Å². The van der Waals surface area contributed by atoms with Crippen molar-refractivity contribution in [3.8, 4) is 6.07 Å². The molecule has 1 fully saturated rings. The molecule has 1 aliphatic heterocycles. The van der Waals surface area contributed by atoms with Crippen molar-refractivity contribution < 1.29 is 0 Å². The van der Waals surface area contributed by atoms with E-state index in [0.717, 1.165) is 18.8 Å².